The van der Waals surface area contributed by atoms with Crippen LogP contribution in [0.1, 0.15) is 44.6 Å². The number of imidazole rings is 1. The van der Waals surface area contributed by atoms with E-state index < -0.39 is 0 Å². The Morgan fingerprint density at radius 2 is 2.17 bits per heavy atom. The molecule has 2 bridgehead atoms. The molecule has 7 nitrogen and oxygen atoms in total. The van der Waals surface area contributed by atoms with E-state index >= 15 is 0 Å². The maximum Gasteiger partial charge on any atom is 0.224 e. The molecule has 4 N–H and O–H groups in total. The number of rotatable bonds is 4. The highest BCUT2D eigenvalue weighted by molar-refractivity contribution is 5.84. The Morgan fingerprint density at radius 1 is 1.30 bits per heavy atom. The van der Waals surface area contributed by atoms with E-state index in [1.165, 1.54) is 19.3 Å². The Morgan fingerprint density at radius 3 is 2.91 bits per heavy atom. The Bertz CT molecular complexity index is 769. The number of anilines is 2. The van der Waals surface area contributed by atoms with E-state index in [-0.39, 0.29) is 12.0 Å². The number of nitrogen functional groups attached to an aromatic ring is 1. The molecule has 3 aliphatic carbocycles. The zero-order valence-corrected chi connectivity index (χ0v) is 13.1. The van der Waals surface area contributed by atoms with Gasteiger partial charge in [0.1, 0.15) is 0 Å². The third kappa shape index (κ3) is 2.02. The second-order valence-corrected chi connectivity index (χ2v) is 7.61. The van der Waals surface area contributed by atoms with Gasteiger partial charge in [-0.3, -0.25) is 0 Å². The lowest BCUT2D eigenvalue weighted by atomic mass is 9.83. The smallest absolute Gasteiger partial charge is 0.224 e. The van der Waals surface area contributed by atoms with Crippen molar-refractivity contribution in [3.63, 3.8) is 0 Å². The van der Waals surface area contributed by atoms with E-state index in [0.29, 0.717) is 23.9 Å². The van der Waals surface area contributed by atoms with Gasteiger partial charge in [0, 0.05) is 18.7 Å². The molecular weight excluding hydrogens is 292 g/mol. The van der Waals surface area contributed by atoms with Crippen LogP contribution >= 0.6 is 0 Å². The first-order valence-electron chi connectivity index (χ1n) is 8.55. The third-order valence-corrected chi connectivity index (χ3v) is 5.98. The summed E-state index contributed by atoms with van der Waals surface area (Å²) in [7, 11) is 0. The first kappa shape index (κ1) is 13.5. The van der Waals surface area contributed by atoms with Crippen LogP contribution in [0.15, 0.2) is 6.33 Å². The number of aliphatic hydroxyl groups is 1. The molecule has 2 heterocycles. The van der Waals surface area contributed by atoms with Crippen LogP contribution < -0.4 is 11.1 Å². The fourth-order valence-corrected chi connectivity index (χ4v) is 4.61. The van der Waals surface area contributed by atoms with Crippen LogP contribution in [0.3, 0.4) is 0 Å². The number of nitrogens with one attached hydrogen (secondary N) is 1. The van der Waals surface area contributed by atoms with E-state index in [9.17, 15) is 5.11 Å². The lowest BCUT2D eigenvalue weighted by molar-refractivity contribution is 0.123. The molecule has 122 valence electrons. The van der Waals surface area contributed by atoms with Crippen molar-refractivity contribution in [2.75, 3.05) is 17.7 Å². The van der Waals surface area contributed by atoms with E-state index in [4.69, 9.17) is 5.73 Å². The fourth-order valence-electron chi connectivity index (χ4n) is 4.61. The van der Waals surface area contributed by atoms with Gasteiger partial charge in [-0.2, -0.15) is 9.97 Å². The Balaban J connectivity index is 1.56. The summed E-state index contributed by atoms with van der Waals surface area (Å²) in [6, 6.07) is 0.863. The van der Waals surface area contributed by atoms with Gasteiger partial charge in [-0.25, -0.2) is 4.98 Å². The predicted octanol–water partition coefficient (Wildman–Crippen LogP) is 1.71. The van der Waals surface area contributed by atoms with Crippen molar-refractivity contribution in [2.45, 2.75) is 50.6 Å². The minimum atomic E-state index is 0.111. The van der Waals surface area contributed by atoms with E-state index in [0.717, 1.165) is 36.2 Å². The van der Waals surface area contributed by atoms with Crippen molar-refractivity contribution in [3.05, 3.63) is 6.33 Å². The van der Waals surface area contributed by atoms with Crippen LogP contribution in [0.2, 0.25) is 0 Å². The summed E-state index contributed by atoms with van der Waals surface area (Å²) >= 11 is 0. The first-order chi connectivity index (χ1) is 11.2. The molecule has 0 radical (unpaired) electrons. The van der Waals surface area contributed by atoms with Crippen LogP contribution in [0.4, 0.5) is 11.8 Å². The van der Waals surface area contributed by atoms with Crippen molar-refractivity contribution in [1.82, 2.24) is 19.5 Å². The molecule has 2 aromatic heterocycles. The molecule has 7 heteroatoms. The third-order valence-electron chi connectivity index (χ3n) is 5.98. The number of fused-ring (bicyclic) bond motifs is 3. The Hall–Kier alpha value is -1.89. The molecule has 23 heavy (non-hydrogen) atoms. The van der Waals surface area contributed by atoms with E-state index in [1.54, 1.807) is 0 Å². The molecule has 3 saturated carbocycles. The largest absolute Gasteiger partial charge is 0.396 e. The molecule has 2 aromatic rings. The summed E-state index contributed by atoms with van der Waals surface area (Å²) in [5.74, 6) is 1.66. The second-order valence-electron chi connectivity index (χ2n) is 7.61. The number of hydrogen-bond acceptors (Lipinski definition) is 6. The normalized spacial score (nSPS) is 32.7. The van der Waals surface area contributed by atoms with Gasteiger partial charge in [-0.1, -0.05) is 0 Å². The summed E-state index contributed by atoms with van der Waals surface area (Å²) in [5, 5.41) is 13.2. The van der Waals surface area contributed by atoms with Crippen LogP contribution in [-0.4, -0.2) is 37.3 Å². The highest BCUT2D eigenvalue weighted by Gasteiger charge is 2.51. The van der Waals surface area contributed by atoms with Gasteiger partial charge < -0.3 is 20.7 Å². The molecule has 0 aromatic carbocycles. The standard InChI is InChI=1S/C16H22N6O/c17-15-20-13(19-10-1-2-10)12-14(21-15)22(8-18-12)11-6-16(7-23)4-3-9(11)5-16/h8-11,23H,1-7H2,(H3,17,19,20,21)/t9-,11-,16-/m1/s1. The quantitative estimate of drug-likeness (QED) is 0.794. The monoisotopic (exact) mass is 314 g/mol. The van der Waals surface area contributed by atoms with Crippen molar-refractivity contribution in [3.8, 4) is 0 Å². The molecule has 0 saturated heterocycles. The van der Waals surface area contributed by atoms with Gasteiger partial charge in [0.15, 0.2) is 17.0 Å². The summed E-state index contributed by atoms with van der Waals surface area (Å²) < 4.78 is 2.17. The average Bonchev–Trinajstić information content (AvgIpc) is 2.99. The Kier molecular flexibility index (Phi) is 2.69. The lowest BCUT2D eigenvalue weighted by Crippen LogP contribution is -2.23. The molecule has 0 unspecified atom stereocenters. The molecule has 0 amide bonds. The van der Waals surface area contributed by atoms with Crippen LogP contribution in [0.25, 0.3) is 11.2 Å². The van der Waals surface area contributed by atoms with Crippen molar-refractivity contribution >= 4 is 22.9 Å². The van der Waals surface area contributed by atoms with Crippen molar-refractivity contribution in [1.29, 1.82) is 0 Å². The molecule has 3 atom stereocenters. The van der Waals surface area contributed by atoms with Gasteiger partial charge in [0.25, 0.3) is 0 Å². The second kappa shape index (κ2) is 4.56. The molecule has 5 rings (SSSR count). The number of hydrogen-bond donors (Lipinski definition) is 3. The molecule has 0 aliphatic heterocycles. The number of nitrogens with two attached hydrogens (primary N) is 1. The molecule has 3 aliphatic rings. The fraction of sp³-hybridized carbons (Fsp3) is 0.688. The maximum atomic E-state index is 9.79. The number of nitrogens with zero attached hydrogens (tertiary/aromatic N) is 4. The van der Waals surface area contributed by atoms with Gasteiger partial charge in [-0.15, -0.1) is 0 Å². The average molecular weight is 314 g/mol. The maximum absolute atomic E-state index is 9.79. The lowest BCUT2D eigenvalue weighted by Gasteiger charge is -2.29. The van der Waals surface area contributed by atoms with Crippen LogP contribution in [0.5, 0.6) is 0 Å². The van der Waals surface area contributed by atoms with E-state index in [2.05, 4.69) is 24.8 Å². The van der Waals surface area contributed by atoms with Gasteiger partial charge in [-0.05, 0) is 49.9 Å². The SMILES string of the molecule is Nc1nc(NC2CC2)c2ncn([C@@H]3C[C@@]4(CO)CC[C@@H]3C4)c2n1. The zero-order valence-electron chi connectivity index (χ0n) is 13.1. The minimum Gasteiger partial charge on any atom is -0.396 e. The topological polar surface area (TPSA) is 102 Å². The van der Waals surface area contributed by atoms with Crippen molar-refractivity contribution < 1.29 is 5.11 Å². The highest BCUT2D eigenvalue weighted by atomic mass is 16.3. The Labute approximate surface area is 134 Å². The number of aliphatic hydroxyl groups excluding tert-OH is 1. The molecular formula is C16H22N6O. The molecule has 0 spiro atoms. The van der Waals surface area contributed by atoms with Crippen LogP contribution in [0, 0.1) is 11.3 Å². The molecule has 3 fully saturated rings. The first-order valence-corrected chi connectivity index (χ1v) is 8.55. The van der Waals surface area contributed by atoms with Gasteiger partial charge in [0.2, 0.25) is 5.95 Å². The minimum absolute atomic E-state index is 0.111. The predicted molar refractivity (Wildman–Crippen MR) is 86.9 cm³/mol. The van der Waals surface area contributed by atoms with E-state index in [1.807, 2.05) is 6.33 Å². The summed E-state index contributed by atoms with van der Waals surface area (Å²) in [6.45, 7) is 0.290. The summed E-state index contributed by atoms with van der Waals surface area (Å²) in [6.07, 6.45) is 8.68. The van der Waals surface area contributed by atoms with Gasteiger partial charge >= 0.3 is 0 Å². The van der Waals surface area contributed by atoms with Gasteiger partial charge in [0.05, 0.1) is 6.33 Å². The highest BCUT2D eigenvalue weighted by Crippen LogP contribution is 2.58. The summed E-state index contributed by atoms with van der Waals surface area (Å²) in [5.41, 5.74) is 7.68. The zero-order chi connectivity index (χ0) is 15.6. The number of aromatic nitrogens is 4. The van der Waals surface area contributed by atoms with Crippen molar-refractivity contribution in [2.24, 2.45) is 11.3 Å². The summed E-state index contributed by atoms with van der Waals surface area (Å²) in [4.78, 5) is 13.4. The van der Waals surface area contributed by atoms with Crippen LogP contribution in [-0.2, 0) is 0 Å².